The molecule has 8 rings (SSSR count). The lowest BCUT2D eigenvalue weighted by atomic mass is 9.77. The number of carbonyl (C=O) groups is 5. The van der Waals surface area contributed by atoms with Crippen LogP contribution in [0.4, 0.5) is 5.95 Å². The molecule has 3 saturated heterocycles. The average molecular weight is 1320 g/mol. The van der Waals surface area contributed by atoms with Crippen molar-refractivity contribution in [2.45, 2.75) is 186 Å². The first-order chi connectivity index (χ1) is 44.9. The third-order valence-corrected chi connectivity index (χ3v) is 21.8. The van der Waals surface area contributed by atoms with E-state index in [0.29, 0.717) is 95.5 Å². The molecule has 2 bridgehead atoms. The highest BCUT2D eigenvalue weighted by atomic mass is 32.2. The van der Waals surface area contributed by atoms with Crippen LogP contribution in [0.1, 0.15) is 138 Å². The van der Waals surface area contributed by atoms with Crippen LogP contribution in [0.25, 0.3) is 22.4 Å². The number of piperidine rings is 1. The number of piperazine rings is 1. The molecule has 512 valence electrons. The van der Waals surface area contributed by atoms with E-state index in [9.17, 15) is 42.6 Å². The molecule has 23 heteroatoms. The molecule has 22 nitrogen and oxygen atoms in total. The number of aromatic nitrogens is 5. The Morgan fingerprint density at radius 3 is 2.27 bits per heavy atom. The molecule has 0 radical (unpaired) electrons. The molecule has 15 atom stereocenters. The molecule has 1 aliphatic carbocycles. The number of benzene rings is 1. The zero-order valence-corrected chi connectivity index (χ0v) is 57.2. The maximum atomic E-state index is 14.9. The molecule has 1 saturated carbocycles. The van der Waals surface area contributed by atoms with Crippen LogP contribution in [0.5, 0.6) is 0 Å². The number of ether oxygens (including phenoxy) is 5. The lowest BCUT2D eigenvalue weighted by molar-refractivity contribution is -0.265. The Bertz CT molecular complexity index is 3390. The number of ketones is 3. The minimum atomic E-state index is -3.44. The van der Waals surface area contributed by atoms with Crippen molar-refractivity contribution in [2.75, 3.05) is 64.7 Å². The smallest absolute Gasteiger partial charge is 0.329 e. The fraction of sp³-hybridized carbons (Fsp3) is 0.620. The van der Waals surface area contributed by atoms with E-state index in [1.54, 1.807) is 59.7 Å². The van der Waals surface area contributed by atoms with Gasteiger partial charge in [0.2, 0.25) is 21.8 Å². The predicted octanol–water partition coefficient (Wildman–Crippen LogP) is 8.25. The second kappa shape index (κ2) is 33.4. The average Bonchev–Trinajstić information content (AvgIpc) is 1.14. The van der Waals surface area contributed by atoms with Crippen molar-refractivity contribution in [3.8, 4) is 34.7 Å². The summed E-state index contributed by atoms with van der Waals surface area (Å²) < 4.78 is 59.4. The van der Waals surface area contributed by atoms with E-state index in [2.05, 4.69) is 26.2 Å². The van der Waals surface area contributed by atoms with Gasteiger partial charge in [0.05, 0.1) is 42.0 Å². The number of cyclic esters (lactones) is 1. The summed E-state index contributed by atoms with van der Waals surface area (Å²) in [5, 5.41) is 32.8. The van der Waals surface area contributed by atoms with Crippen LogP contribution < -0.4 is 4.90 Å². The number of fused-ring (bicyclic) bond motifs is 3. The van der Waals surface area contributed by atoms with Crippen molar-refractivity contribution < 1.29 is 66.3 Å². The molecular weight excluding hydrogens is 1220 g/mol. The molecule has 0 spiro atoms. The Morgan fingerprint density at radius 1 is 0.830 bits per heavy atom. The number of aliphatic hydroxyl groups is 2. The first-order valence-corrected chi connectivity index (χ1v) is 35.0. The summed E-state index contributed by atoms with van der Waals surface area (Å²) in [6.07, 6.45) is 22.1. The van der Waals surface area contributed by atoms with E-state index in [1.807, 2.05) is 91.9 Å². The number of hydrogen-bond acceptors (Lipinski definition) is 19. The third-order valence-electron chi connectivity index (χ3n) is 19.9. The molecule has 6 heterocycles. The number of allylic oxidation sites excluding steroid dienone is 6. The van der Waals surface area contributed by atoms with Crippen LogP contribution in [0.3, 0.4) is 0 Å². The van der Waals surface area contributed by atoms with Gasteiger partial charge in [-0.1, -0.05) is 94.5 Å². The zero-order valence-electron chi connectivity index (χ0n) is 56.4. The molecule has 0 unspecified atom stereocenters. The lowest BCUT2D eigenvalue weighted by Crippen LogP contribution is -2.61. The molecule has 1 amide bonds. The normalized spacial score (nSPS) is 32.8. The zero-order chi connectivity index (χ0) is 68.0. The van der Waals surface area contributed by atoms with Crippen molar-refractivity contribution in [1.82, 2.24) is 34.2 Å². The Hall–Kier alpha value is -6.62. The van der Waals surface area contributed by atoms with E-state index in [0.717, 1.165) is 34.4 Å². The molecule has 2 N–H and O–H groups in total. The Labute approximate surface area is 555 Å². The van der Waals surface area contributed by atoms with Crippen LogP contribution >= 0.6 is 0 Å². The molecule has 3 aromatic rings. The number of rotatable bonds is 13. The number of aliphatic hydroxyl groups excluding tert-OH is 1. The number of Topliss-reactive ketones (excluding diaryl/α,β-unsaturated/α-hetero) is 3. The Kier molecular flexibility index (Phi) is 26.0. The monoisotopic (exact) mass is 1320 g/mol. The summed E-state index contributed by atoms with van der Waals surface area (Å²) in [7, 11) is 1.19. The standard InChI is InChI=1S/C71H98N8O14S/c1-12-13-34-94(87,88)77-32-30-76(31-33-77)70-72-42-55(43-73-70)53-22-19-23-54(39-53)59-44-74-75-79(59)57-28-26-52(38-63(57)90-10)37-48(5)62-41-60(80)47(4)36-50(7)65(82)66(91-11)64(81)49(6)35-45(2)20-15-14-16-21-46(3)61(89-9)40-56-27-25-51(8)71(86,93-56)67(83)68(84)78-29-18-17-24-58(78)69(85)92-62/h1,14-16,19-23,36,39,42-45,47-49,51-52,56-58,61-63,65-66,82,86H,13,17-18,24-35,37-38,40-41H2,2-11H3/b16-14+,20-15+,46-21+,50-36+/t45-,47-,48-,49-,51-,52+,56+,57+,58+,61+,62+,63-,65-,66+,71-/m1/s1. The quantitative estimate of drug-likeness (QED) is 0.0705. The topological polar surface area (TPSA) is 272 Å². The summed E-state index contributed by atoms with van der Waals surface area (Å²) in [4.78, 5) is 85.0. The summed E-state index contributed by atoms with van der Waals surface area (Å²) in [5.74, 6) is -5.58. The van der Waals surface area contributed by atoms with Crippen molar-refractivity contribution in [3.05, 3.63) is 90.5 Å². The minimum absolute atomic E-state index is 0.0102. The second-order valence-corrected chi connectivity index (χ2v) is 28.8. The van der Waals surface area contributed by atoms with E-state index in [1.165, 1.54) is 16.3 Å². The number of esters is 1. The van der Waals surface area contributed by atoms with Gasteiger partial charge in [-0.25, -0.2) is 27.9 Å². The highest BCUT2D eigenvalue weighted by molar-refractivity contribution is 7.89. The van der Waals surface area contributed by atoms with Crippen molar-refractivity contribution >= 4 is 45.2 Å². The van der Waals surface area contributed by atoms with E-state index in [-0.39, 0.29) is 67.1 Å². The minimum Gasteiger partial charge on any atom is -0.460 e. The fourth-order valence-corrected chi connectivity index (χ4v) is 15.4. The highest BCUT2D eigenvalue weighted by Crippen LogP contribution is 2.41. The Balaban J connectivity index is 1.00. The van der Waals surface area contributed by atoms with Crippen LogP contribution in [0, 0.1) is 47.9 Å². The number of carbonyl (C=O) groups excluding carboxylic acids is 5. The van der Waals surface area contributed by atoms with Crippen LogP contribution in [0.2, 0.25) is 0 Å². The number of anilines is 1. The van der Waals surface area contributed by atoms with Gasteiger partial charge < -0.3 is 43.7 Å². The maximum absolute atomic E-state index is 14.9. The third kappa shape index (κ3) is 17.9. The summed E-state index contributed by atoms with van der Waals surface area (Å²) in [5.41, 5.74) is 4.54. The maximum Gasteiger partial charge on any atom is 0.329 e. The molecule has 5 aliphatic rings. The number of methoxy groups -OCH3 is 3. The summed E-state index contributed by atoms with van der Waals surface area (Å²) in [6, 6.07) is 6.55. The van der Waals surface area contributed by atoms with Gasteiger partial charge in [0.25, 0.3) is 11.7 Å². The summed E-state index contributed by atoms with van der Waals surface area (Å²) in [6.45, 7) is 14.3. The van der Waals surface area contributed by atoms with Gasteiger partial charge in [0.1, 0.15) is 30.1 Å². The molecule has 2 aromatic heterocycles. The predicted molar refractivity (Wildman–Crippen MR) is 356 cm³/mol. The molecular formula is C71H98N8O14S. The van der Waals surface area contributed by atoms with Crippen molar-refractivity contribution in [1.29, 1.82) is 0 Å². The SMILES string of the molecule is C#CCCS(=O)(=O)N1CCN(c2ncc(-c3cccc(-c4cnnn4[C@H]4CC[C@@H](C[C@@H](C)[C@@H]5CC(=O)[C@H](C)/C=C(\C)[C@@H](O)[C@@H](OC)C(=O)[C@H](C)C[C@H](C)/C=C/C=C/C=C(\C)[C@@H](OC)C[C@@H]6CC[C@@H](C)[C@@](O)(O6)C(=O)C(=O)N6CCCC[C@H]6C(=O)O5)C[C@H]4OC)c3)cn2)CC1. The first kappa shape index (κ1) is 73.2. The Morgan fingerprint density at radius 2 is 1.56 bits per heavy atom. The van der Waals surface area contributed by atoms with E-state index >= 15 is 0 Å². The van der Waals surface area contributed by atoms with Gasteiger partial charge in [-0.05, 0) is 119 Å². The van der Waals surface area contributed by atoms with Gasteiger partial charge in [-0.3, -0.25) is 19.2 Å². The number of sulfonamides is 1. The van der Waals surface area contributed by atoms with Crippen LogP contribution in [-0.4, -0.2) is 190 Å². The van der Waals surface area contributed by atoms with Crippen molar-refractivity contribution in [2.24, 2.45) is 35.5 Å². The number of terminal acetylenes is 1. The van der Waals surface area contributed by atoms with Gasteiger partial charge >= 0.3 is 5.97 Å². The number of amides is 1. The highest BCUT2D eigenvalue weighted by Gasteiger charge is 2.53. The van der Waals surface area contributed by atoms with Gasteiger partial charge in [0, 0.05) is 115 Å². The second-order valence-electron chi connectivity index (χ2n) is 26.7. The molecule has 4 fully saturated rings. The fourth-order valence-electron chi connectivity index (χ4n) is 14.1. The van der Waals surface area contributed by atoms with Gasteiger partial charge in [-0.15, -0.1) is 17.4 Å². The number of nitrogens with zero attached hydrogens (tertiary/aromatic N) is 8. The summed E-state index contributed by atoms with van der Waals surface area (Å²) >= 11 is 0. The molecule has 4 aliphatic heterocycles. The molecule has 94 heavy (non-hydrogen) atoms. The largest absolute Gasteiger partial charge is 0.460 e. The van der Waals surface area contributed by atoms with Crippen LogP contribution in [0.15, 0.2) is 90.5 Å². The van der Waals surface area contributed by atoms with Gasteiger partial charge in [-0.2, -0.15) is 4.31 Å². The van der Waals surface area contributed by atoms with Crippen LogP contribution in [-0.2, 0) is 57.7 Å². The van der Waals surface area contributed by atoms with E-state index < -0.39 is 93.7 Å². The van der Waals surface area contributed by atoms with E-state index in [4.69, 9.17) is 30.1 Å². The lowest BCUT2D eigenvalue weighted by Gasteiger charge is -2.42. The first-order valence-electron chi connectivity index (χ1n) is 33.4. The molecule has 1 aromatic carbocycles. The number of hydrogen-bond donors (Lipinski definition) is 2. The van der Waals surface area contributed by atoms with Gasteiger partial charge in [0.15, 0.2) is 5.78 Å². The van der Waals surface area contributed by atoms with Crippen molar-refractivity contribution in [3.63, 3.8) is 0 Å².